The van der Waals surface area contributed by atoms with Crippen molar-refractivity contribution >= 4 is 19.2 Å². The first-order chi connectivity index (χ1) is 6.15. The molecule has 4 heteroatoms. The monoisotopic (exact) mass is 174 g/mol. The molecule has 0 aromatic heterocycles. The SMILES string of the molecule is [B]c1ccc(C(=O)N(N)CC)cc1. The second kappa shape index (κ2) is 4.09. The smallest absolute Gasteiger partial charge is 0.267 e. The summed E-state index contributed by atoms with van der Waals surface area (Å²) in [7, 11) is 5.48. The standard InChI is InChI=1S/C9H11BN2O/c1-2-12(11)9(13)7-3-5-8(10)6-4-7/h3-6H,2,11H2,1H3. The van der Waals surface area contributed by atoms with Crippen LogP contribution in [0.15, 0.2) is 24.3 Å². The summed E-state index contributed by atoms with van der Waals surface area (Å²) in [4.78, 5) is 11.4. The molecule has 2 radical (unpaired) electrons. The van der Waals surface area contributed by atoms with Crippen molar-refractivity contribution in [2.24, 2.45) is 5.84 Å². The van der Waals surface area contributed by atoms with Crippen LogP contribution >= 0.6 is 0 Å². The van der Waals surface area contributed by atoms with Gasteiger partial charge in [0.1, 0.15) is 7.85 Å². The van der Waals surface area contributed by atoms with E-state index in [2.05, 4.69) is 0 Å². The molecule has 0 saturated heterocycles. The average Bonchev–Trinajstić information content (AvgIpc) is 2.17. The summed E-state index contributed by atoms with van der Waals surface area (Å²) in [5.41, 5.74) is 1.19. The zero-order valence-corrected chi connectivity index (χ0v) is 7.53. The van der Waals surface area contributed by atoms with Gasteiger partial charge in [-0.2, -0.15) is 0 Å². The minimum atomic E-state index is -0.192. The summed E-state index contributed by atoms with van der Waals surface area (Å²) in [5.74, 6) is 5.25. The van der Waals surface area contributed by atoms with E-state index in [9.17, 15) is 4.79 Å². The average molecular weight is 174 g/mol. The third-order valence-electron chi connectivity index (χ3n) is 1.76. The molecule has 0 bridgehead atoms. The number of rotatable bonds is 2. The Hall–Kier alpha value is -1.29. The summed E-state index contributed by atoms with van der Waals surface area (Å²) in [5, 5.41) is 1.16. The third kappa shape index (κ3) is 2.32. The molecular weight excluding hydrogens is 163 g/mol. The third-order valence-corrected chi connectivity index (χ3v) is 1.76. The van der Waals surface area contributed by atoms with E-state index >= 15 is 0 Å². The number of nitrogens with zero attached hydrogens (tertiary/aromatic N) is 1. The van der Waals surface area contributed by atoms with Gasteiger partial charge in [0.2, 0.25) is 0 Å². The van der Waals surface area contributed by atoms with Gasteiger partial charge in [0.15, 0.2) is 0 Å². The van der Waals surface area contributed by atoms with E-state index in [1.165, 1.54) is 0 Å². The molecule has 1 aromatic carbocycles. The van der Waals surface area contributed by atoms with Crippen molar-refractivity contribution in [2.75, 3.05) is 6.54 Å². The highest BCUT2D eigenvalue weighted by Gasteiger charge is 2.08. The molecule has 0 spiro atoms. The Labute approximate surface area is 78.9 Å². The Bertz CT molecular complexity index is 297. The number of nitrogens with two attached hydrogens (primary N) is 1. The van der Waals surface area contributed by atoms with E-state index in [1.54, 1.807) is 24.3 Å². The van der Waals surface area contributed by atoms with Crippen LogP contribution in [0.1, 0.15) is 17.3 Å². The lowest BCUT2D eigenvalue weighted by molar-refractivity contribution is 0.0764. The summed E-state index contributed by atoms with van der Waals surface area (Å²) in [6.45, 7) is 2.30. The van der Waals surface area contributed by atoms with E-state index < -0.39 is 0 Å². The highest BCUT2D eigenvalue weighted by Crippen LogP contribution is 1.99. The van der Waals surface area contributed by atoms with Gasteiger partial charge in [-0.1, -0.05) is 17.6 Å². The van der Waals surface area contributed by atoms with Crippen LogP contribution in [-0.2, 0) is 0 Å². The predicted molar refractivity (Wildman–Crippen MR) is 52.7 cm³/mol. The fraction of sp³-hybridized carbons (Fsp3) is 0.222. The number of amides is 1. The highest BCUT2D eigenvalue weighted by molar-refractivity contribution is 6.32. The van der Waals surface area contributed by atoms with Gasteiger partial charge in [-0.05, 0) is 19.1 Å². The molecule has 0 saturated carbocycles. The molecule has 1 rings (SSSR count). The second-order valence-electron chi connectivity index (χ2n) is 2.71. The molecule has 2 N–H and O–H groups in total. The van der Waals surface area contributed by atoms with Crippen LogP contribution in [0.5, 0.6) is 0 Å². The maximum atomic E-state index is 11.4. The van der Waals surface area contributed by atoms with E-state index in [1.807, 2.05) is 6.92 Å². The number of carbonyl (C=O) groups excluding carboxylic acids is 1. The molecule has 13 heavy (non-hydrogen) atoms. The normalized spacial score (nSPS) is 9.69. The van der Waals surface area contributed by atoms with Crippen LogP contribution in [0.2, 0.25) is 0 Å². The van der Waals surface area contributed by atoms with Gasteiger partial charge in [-0.3, -0.25) is 9.80 Å². The fourth-order valence-corrected chi connectivity index (χ4v) is 0.935. The van der Waals surface area contributed by atoms with Crippen molar-refractivity contribution in [3.8, 4) is 0 Å². The molecular formula is C9H11BN2O. The van der Waals surface area contributed by atoms with Crippen LogP contribution < -0.4 is 11.3 Å². The lowest BCUT2D eigenvalue weighted by atomic mass is 9.95. The Balaban J connectivity index is 2.83. The molecule has 1 aromatic rings. The van der Waals surface area contributed by atoms with Gasteiger partial charge in [-0.25, -0.2) is 5.84 Å². The lowest BCUT2D eigenvalue weighted by Gasteiger charge is -2.13. The van der Waals surface area contributed by atoms with Crippen molar-refractivity contribution in [3.05, 3.63) is 29.8 Å². The zero-order valence-electron chi connectivity index (χ0n) is 7.53. The Morgan fingerprint density at radius 2 is 2.00 bits per heavy atom. The molecule has 0 heterocycles. The number of hydrogen-bond donors (Lipinski definition) is 1. The maximum absolute atomic E-state index is 11.4. The Morgan fingerprint density at radius 3 is 2.46 bits per heavy atom. The van der Waals surface area contributed by atoms with Gasteiger partial charge >= 0.3 is 0 Å². The summed E-state index contributed by atoms with van der Waals surface area (Å²) >= 11 is 0. The van der Waals surface area contributed by atoms with Gasteiger partial charge in [0, 0.05) is 12.1 Å². The van der Waals surface area contributed by atoms with Crippen LogP contribution in [-0.4, -0.2) is 25.3 Å². The molecule has 0 fully saturated rings. The molecule has 0 aliphatic carbocycles. The lowest BCUT2D eigenvalue weighted by Crippen LogP contribution is -2.37. The summed E-state index contributed by atoms with van der Waals surface area (Å²) < 4.78 is 0. The Kier molecular flexibility index (Phi) is 3.09. The number of benzene rings is 1. The number of hydrazine groups is 1. The first-order valence-corrected chi connectivity index (χ1v) is 4.07. The minimum absolute atomic E-state index is 0.192. The van der Waals surface area contributed by atoms with Crippen molar-refractivity contribution in [3.63, 3.8) is 0 Å². The molecule has 0 atom stereocenters. The highest BCUT2D eigenvalue weighted by atomic mass is 16.2. The molecule has 3 nitrogen and oxygen atoms in total. The predicted octanol–water partition coefficient (Wildman–Crippen LogP) is -0.184. The van der Waals surface area contributed by atoms with Crippen LogP contribution in [0.25, 0.3) is 0 Å². The van der Waals surface area contributed by atoms with Gasteiger partial charge in [0.05, 0.1) is 0 Å². The van der Waals surface area contributed by atoms with Crippen LogP contribution in [0, 0.1) is 0 Å². The largest absolute Gasteiger partial charge is 0.277 e. The maximum Gasteiger partial charge on any atom is 0.267 e. The Morgan fingerprint density at radius 1 is 1.46 bits per heavy atom. The van der Waals surface area contributed by atoms with Crippen molar-refractivity contribution in [1.82, 2.24) is 5.01 Å². The molecule has 1 amide bonds. The van der Waals surface area contributed by atoms with E-state index in [4.69, 9.17) is 13.7 Å². The molecule has 0 unspecified atom stereocenters. The second-order valence-corrected chi connectivity index (χ2v) is 2.71. The van der Waals surface area contributed by atoms with Crippen LogP contribution in [0.3, 0.4) is 0 Å². The summed E-state index contributed by atoms with van der Waals surface area (Å²) in [6.07, 6.45) is 0. The van der Waals surface area contributed by atoms with E-state index in [-0.39, 0.29) is 5.91 Å². The fourth-order valence-electron chi connectivity index (χ4n) is 0.935. The van der Waals surface area contributed by atoms with Crippen molar-refractivity contribution < 1.29 is 4.79 Å². The molecule has 0 aliphatic heterocycles. The number of hydrogen-bond acceptors (Lipinski definition) is 2. The minimum Gasteiger partial charge on any atom is -0.277 e. The molecule has 66 valence electrons. The first-order valence-electron chi connectivity index (χ1n) is 4.07. The quantitative estimate of drug-likeness (QED) is 0.292. The van der Waals surface area contributed by atoms with Gasteiger partial charge in [-0.15, -0.1) is 0 Å². The molecule has 0 aliphatic rings. The van der Waals surface area contributed by atoms with Gasteiger partial charge < -0.3 is 0 Å². The topological polar surface area (TPSA) is 46.3 Å². The first kappa shape index (κ1) is 9.80. The van der Waals surface area contributed by atoms with E-state index in [0.29, 0.717) is 17.6 Å². The van der Waals surface area contributed by atoms with Crippen LogP contribution in [0.4, 0.5) is 0 Å². The zero-order chi connectivity index (χ0) is 9.84. The summed E-state index contributed by atoms with van der Waals surface area (Å²) in [6, 6.07) is 6.67. The van der Waals surface area contributed by atoms with Gasteiger partial charge in [0.25, 0.3) is 5.91 Å². The van der Waals surface area contributed by atoms with E-state index in [0.717, 1.165) is 5.01 Å². The number of carbonyl (C=O) groups is 1. The van der Waals surface area contributed by atoms with Crippen molar-refractivity contribution in [1.29, 1.82) is 0 Å². The van der Waals surface area contributed by atoms with Crippen molar-refractivity contribution in [2.45, 2.75) is 6.92 Å².